The van der Waals surface area contributed by atoms with Crippen LogP contribution < -0.4 is 0 Å². The second-order valence-corrected chi connectivity index (χ2v) is 3.78. The maximum atomic E-state index is 4.38. The van der Waals surface area contributed by atoms with Crippen LogP contribution in [0.15, 0.2) is 12.7 Å². The second-order valence-electron chi connectivity index (χ2n) is 3.05. The molecule has 0 saturated heterocycles. The molecule has 0 aliphatic heterocycles. The van der Waals surface area contributed by atoms with Crippen LogP contribution in [0.3, 0.4) is 0 Å². The molecule has 1 aliphatic rings. The summed E-state index contributed by atoms with van der Waals surface area (Å²) in [6.45, 7) is 0. The van der Waals surface area contributed by atoms with Gasteiger partial charge in [-0.25, -0.2) is 9.97 Å². The van der Waals surface area contributed by atoms with Crippen LogP contribution in [-0.4, -0.2) is 24.1 Å². The third-order valence-electron chi connectivity index (χ3n) is 1.99. The molecule has 2 aromatic rings. The Morgan fingerprint density at radius 3 is 3.08 bits per heavy atom. The van der Waals surface area contributed by atoms with E-state index >= 15 is 0 Å². The lowest BCUT2D eigenvalue weighted by Gasteiger charge is -1.88. The Kier molecular flexibility index (Phi) is 1.42. The van der Waals surface area contributed by atoms with Gasteiger partial charge in [-0.05, 0) is 12.8 Å². The molecule has 13 heavy (non-hydrogen) atoms. The van der Waals surface area contributed by atoms with E-state index in [4.69, 9.17) is 0 Å². The SMILES string of the molecule is c1ncn(-c2nc(C3CC3)ns2)n1. The van der Waals surface area contributed by atoms with Gasteiger partial charge in [-0.15, -0.1) is 0 Å². The molecule has 0 unspecified atom stereocenters. The minimum absolute atomic E-state index is 0.605. The topological polar surface area (TPSA) is 56.5 Å². The van der Waals surface area contributed by atoms with E-state index in [2.05, 4.69) is 19.4 Å². The third kappa shape index (κ3) is 1.23. The molecule has 0 radical (unpaired) electrons. The van der Waals surface area contributed by atoms with Crippen molar-refractivity contribution in [2.24, 2.45) is 0 Å². The first-order valence-electron chi connectivity index (χ1n) is 4.12. The maximum Gasteiger partial charge on any atom is 0.231 e. The molecule has 66 valence electrons. The maximum absolute atomic E-state index is 4.38. The molecule has 1 saturated carbocycles. The fourth-order valence-corrected chi connectivity index (χ4v) is 1.81. The average Bonchev–Trinajstić information content (AvgIpc) is 2.72. The zero-order chi connectivity index (χ0) is 8.67. The molecular formula is C7H7N5S. The van der Waals surface area contributed by atoms with Crippen molar-refractivity contribution in [2.45, 2.75) is 18.8 Å². The molecule has 6 heteroatoms. The first-order valence-corrected chi connectivity index (χ1v) is 4.89. The Hall–Kier alpha value is -1.30. The van der Waals surface area contributed by atoms with Crippen LogP contribution >= 0.6 is 11.5 Å². The lowest BCUT2D eigenvalue weighted by Crippen LogP contribution is -1.93. The molecule has 0 N–H and O–H groups in total. The minimum Gasteiger partial charge on any atom is -0.223 e. The highest BCUT2D eigenvalue weighted by Crippen LogP contribution is 2.38. The largest absolute Gasteiger partial charge is 0.231 e. The molecule has 1 aliphatic carbocycles. The van der Waals surface area contributed by atoms with Crippen molar-refractivity contribution in [1.82, 2.24) is 24.1 Å². The quantitative estimate of drug-likeness (QED) is 0.713. The van der Waals surface area contributed by atoms with Gasteiger partial charge in [0.05, 0.1) is 0 Å². The van der Waals surface area contributed by atoms with E-state index in [1.54, 1.807) is 11.0 Å². The van der Waals surface area contributed by atoms with Crippen LogP contribution in [0, 0.1) is 0 Å². The molecule has 5 nitrogen and oxygen atoms in total. The fraction of sp³-hybridized carbons (Fsp3) is 0.429. The van der Waals surface area contributed by atoms with Crippen molar-refractivity contribution in [3.05, 3.63) is 18.5 Å². The molecule has 2 aromatic heterocycles. The number of nitrogens with zero attached hydrogens (tertiary/aromatic N) is 5. The van der Waals surface area contributed by atoms with E-state index in [1.165, 1.54) is 30.7 Å². The van der Waals surface area contributed by atoms with Crippen LogP contribution in [0.1, 0.15) is 24.6 Å². The Labute approximate surface area is 78.6 Å². The predicted molar refractivity (Wildman–Crippen MR) is 46.8 cm³/mol. The van der Waals surface area contributed by atoms with Crippen molar-refractivity contribution >= 4 is 11.5 Å². The van der Waals surface area contributed by atoms with Crippen molar-refractivity contribution in [3.8, 4) is 5.13 Å². The van der Waals surface area contributed by atoms with Crippen molar-refractivity contribution in [2.75, 3.05) is 0 Å². The van der Waals surface area contributed by atoms with E-state index in [0.29, 0.717) is 5.92 Å². The Morgan fingerprint density at radius 1 is 1.46 bits per heavy atom. The summed E-state index contributed by atoms with van der Waals surface area (Å²) >= 11 is 1.37. The van der Waals surface area contributed by atoms with E-state index in [9.17, 15) is 0 Å². The molecule has 2 heterocycles. The van der Waals surface area contributed by atoms with Crippen molar-refractivity contribution < 1.29 is 0 Å². The van der Waals surface area contributed by atoms with Crippen LogP contribution in [0.4, 0.5) is 0 Å². The van der Waals surface area contributed by atoms with Crippen LogP contribution in [0.2, 0.25) is 0 Å². The predicted octanol–water partition coefficient (Wildman–Crippen LogP) is 0.996. The van der Waals surface area contributed by atoms with Crippen LogP contribution in [-0.2, 0) is 0 Å². The van der Waals surface area contributed by atoms with Crippen LogP contribution in [0.5, 0.6) is 0 Å². The number of hydrogen-bond donors (Lipinski definition) is 0. The molecule has 0 spiro atoms. The number of rotatable bonds is 2. The first-order chi connectivity index (χ1) is 6.43. The van der Waals surface area contributed by atoms with E-state index in [-0.39, 0.29) is 0 Å². The first kappa shape index (κ1) is 7.14. The summed E-state index contributed by atoms with van der Waals surface area (Å²) in [5.41, 5.74) is 0. The number of aromatic nitrogens is 5. The summed E-state index contributed by atoms with van der Waals surface area (Å²) in [6.07, 6.45) is 5.59. The van der Waals surface area contributed by atoms with Gasteiger partial charge >= 0.3 is 0 Å². The third-order valence-corrected chi connectivity index (χ3v) is 2.71. The summed E-state index contributed by atoms with van der Waals surface area (Å²) in [6, 6.07) is 0. The molecule has 3 rings (SSSR count). The van der Waals surface area contributed by atoms with E-state index in [0.717, 1.165) is 11.0 Å². The minimum atomic E-state index is 0.605. The van der Waals surface area contributed by atoms with Gasteiger partial charge < -0.3 is 0 Å². The zero-order valence-electron chi connectivity index (χ0n) is 6.79. The van der Waals surface area contributed by atoms with Crippen LogP contribution in [0.25, 0.3) is 5.13 Å². The summed E-state index contributed by atoms with van der Waals surface area (Å²) < 4.78 is 5.92. The van der Waals surface area contributed by atoms with Crippen molar-refractivity contribution in [1.29, 1.82) is 0 Å². The van der Waals surface area contributed by atoms with Gasteiger partial charge in [0.25, 0.3) is 0 Å². The van der Waals surface area contributed by atoms with Gasteiger partial charge in [-0.2, -0.15) is 14.2 Å². The summed E-state index contributed by atoms with van der Waals surface area (Å²) in [7, 11) is 0. The summed E-state index contributed by atoms with van der Waals surface area (Å²) in [5.74, 6) is 1.57. The highest BCUT2D eigenvalue weighted by molar-refractivity contribution is 7.08. The van der Waals surface area contributed by atoms with Gasteiger partial charge in [0.15, 0.2) is 0 Å². The summed E-state index contributed by atoms with van der Waals surface area (Å²) in [4.78, 5) is 8.24. The molecular weight excluding hydrogens is 186 g/mol. The highest BCUT2D eigenvalue weighted by Gasteiger charge is 2.28. The van der Waals surface area contributed by atoms with Gasteiger partial charge in [-0.1, -0.05) is 0 Å². The van der Waals surface area contributed by atoms with Gasteiger partial charge in [0.2, 0.25) is 5.13 Å². The van der Waals surface area contributed by atoms with E-state index in [1.807, 2.05) is 0 Å². The monoisotopic (exact) mass is 193 g/mol. The normalized spacial score (nSPS) is 16.3. The Bertz CT molecular complexity index is 402. The lowest BCUT2D eigenvalue weighted by atomic mass is 10.4. The summed E-state index contributed by atoms with van der Waals surface area (Å²) in [5, 5.41) is 4.80. The molecule has 0 aromatic carbocycles. The average molecular weight is 193 g/mol. The Morgan fingerprint density at radius 2 is 2.38 bits per heavy atom. The highest BCUT2D eigenvalue weighted by atomic mass is 32.1. The van der Waals surface area contributed by atoms with Gasteiger partial charge in [0, 0.05) is 17.5 Å². The van der Waals surface area contributed by atoms with Gasteiger partial charge in [-0.3, -0.25) is 0 Å². The smallest absolute Gasteiger partial charge is 0.223 e. The molecule has 0 atom stereocenters. The lowest BCUT2D eigenvalue weighted by molar-refractivity contribution is 0.851. The fourth-order valence-electron chi connectivity index (χ4n) is 1.13. The standard InChI is InChI=1S/C7H7N5S/c1-2-5(1)6-10-7(13-11-6)12-4-8-3-9-12/h3-5H,1-2H2. The zero-order valence-corrected chi connectivity index (χ0v) is 7.61. The Balaban J connectivity index is 1.97. The second kappa shape index (κ2) is 2.59. The molecule has 0 amide bonds. The van der Waals surface area contributed by atoms with Crippen molar-refractivity contribution in [3.63, 3.8) is 0 Å². The molecule has 0 bridgehead atoms. The van der Waals surface area contributed by atoms with Gasteiger partial charge in [0.1, 0.15) is 18.5 Å². The van der Waals surface area contributed by atoms with E-state index < -0.39 is 0 Å². The molecule has 1 fully saturated rings. The number of hydrogen-bond acceptors (Lipinski definition) is 5.